The average molecular weight is 326 g/mol. The van der Waals surface area contributed by atoms with Crippen molar-refractivity contribution >= 4 is 11.8 Å². The zero-order valence-electron chi connectivity index (χ0n) is 14.0. The van der Waals surface area contributed by atoms with E-state index in [0.717, 1.165) is 30.2 Å². The lowest BCUT2D eigenvalue weighted by atomic mass is 9.80. The van der Waals surface area contributed by atoms with E-state index in [1.165, 1.54) is 43.6 Å². The van der Waals surface area contributed by atoms with Gasteiger partial charge in [0.25, 0.3) is 0 Å². The Balaban J connectivity index is 1.70. The minimum atomic E-state index is -0.749. The Morgan fingerprint density at radius 3 is 2.23 bits per heavy atom. The van der Waals surface area contributed by atoms with E-state index in [0.29, 0.717) is 4.75 Å². The zero-order chi connectivity index (χ0) is 16.2. The molecule has 0 bridgehead atoms. The van der Waals surface area contributed by atoms with E-state index in [4.69, 9.17) is 0 Å². The molecule has 0 aliphatic heterocycles. The highest BCUT2D eigenvalue weighted by Crippen LogP contribution is 2.36. The van der Waals surface area contributed by atoms with Crippen LogP contribution in [0.3, 0.4) is 0 Å². The number of halogens is 2. The molecule has 0 aromatic heterocycles. The maximum Gasteiger partial charge on any atom is 0.159 e. The summed E-state index contributed by atoms with van der Waals surface area (Å²) in [5.41, 5.74) is 0.921. The van der Waals surface area contributed by atoms with Gasteiger partial charge in [0, 0.05) is 4.75 Å². The summed E-state index contributed by atoms with van der Waals surface area (Å²) in [5.74, 6) is 1.42. The molecule has 1 aliphatic rings. The van der Waals surface area contributed by atoms with E-state index >= 15 is 0 Å². The molecule has 1 aromatic rings. The van der Waals surface area contributed by atoms with Crippen LogP contribution in [-0.4, -0.2) is 10.5 Å². The van der Waals surface area contributed by atoms with Crippen molar-refractivity contribution in [3.05, 3.63) is 35.4 Å². The smallest absolute Gasteiger partial charge is 0.159 e. The first-order chi connectivity index (χ1) is 10.3. The van der Waals surface area contributed by atoms with Gasteiger partial charge < -0.3 is 0 Å². The minimum Gasteiger partial charge on any atom is -0.204 e. The second-order valence-corrected chi connectivity index (χ2v) is 9.44. The van der Waals surface area contributed by atoms with Crippen molar-refractivity contribution in [3.63, 3.8) is 0 Å². The fourth-order valence-corrected chi connectivity index (χ4v) is 4.19. The molecule has 0 unspecified atom stereocenters. The van der Waals surface area contributed by atoms with E-state index in [9.17, 15) is 8.78 Å². The van der Waals surface area contributed by atoms with Crippen molar-refractivity contribution in [2.45, 2.75) is 64.0 Å². The third-order valence-electron chi connectivity index (χ3n) is 4.54. The number of hydrogen-bond donors (Lipinski definition) is 0. The first-order valence-corrected chi connectivity index (χ1v) is 9.40. The van der Waals surface area contributed by atoms with Crippen molar-refractivity contribution in [2.75, 3.05) is 5.75 Å². The molecule has 0 amide bonds. The molecule has 3 heteroatoms. The largest absolute Gasteiger partial charge is 0.204 e. The Morgan fingerprint density at radius 2 is 1.64 bits per heavy atom. The third kappa shape index (κ3) is 5.91. The van der Waals surface area contributed by atoms with Gasteiger partial charge in [0.05, 0.1) is 0 Å². The van der Waals surface area contributed by atoms with Gasteiger partial charge in [0.2, 0.25) is 0 Å². The molecule has 2 rings (SSSR count). The van der Waals surface area contributed by atoms with Gasteiger partial charge in [-0.25, -0.2) is 8.78 Å². The lowest BCUT2D eigenvalue weighted by Gasteiger charge is -2.30. The van der Waals surface area contributed by atoms with Crippen LogP contribution in [-0.2, 0) is 6.42 Å². The van der Waals surface area contributed by atoms with Gasteiger partial charge in [-0.1, -0.05) is 39.7 Å². The summed E-state index contributed by atoms with van der Waals surface area (Å²) in [6, 6.07) is 4.30. The van der Waals surface area contributed by atoms with Gasteiger partial charge >= 0.3 is 0 Å². The van der Waals surface area contributed by atoms with Crippen LogP contribution in [0, 0.1) is 23.5 Å². The molecule has 1 fully saturated rings. The lowest BCUT2D eigenvalue weighted by molar-refractivity contribution is 0.280. The summed E-state index contributed by atoms with van der Waals surface area (Å²) >= 11 is 2.08. The molecule has 0 nitrogen and oxygen atoms in total. The summed E-state index contributed by atoms with van der Waals surface area (Å²) in [4.78, 5) is 0. The van der Waals surface area contributed by atoms with E-state index in [1.54, 1.807) is 6.07 Å². The first-order valence-electron chi connectivity index (χ1n) is 8.41. The van der Waals surface area contributed by atoms with E-state index < -0.39 is 11.6 Å². The van der Waals surface area contributed by atoms with Gasteiger partial charge in [-0.3, -0.25) is 0 Å². The van der Waals surface area contributed by atoms with Gasteiger partial charge in [-0.15, -0.1) is 0 Å². The standard InChI is InChI=1S/C19H28F2S/c1-19(2,3)22-13-16-8-5-14(6-9-16)4-7-15-10-11-17(20)18(21)12-15/h10-12,14,16H,4-9,13H2,1-3H3. The van der Waals surface area contributed by atoms with Crippen LogP contribution < -0.4 is 0 Å². The van der Waals surface area contributed by atoms with Crippen LogP contribution in [0.5, 0.6) is 0 Å². The predicted octanol–water partition coefficient (Wildman–Crippen LogP) is 6.24. The SMILES string of the molecule is CC(C)(C)SCC1CCC(CCc2ccc(F)c(F)c2)CC1. The highest BCUT2D eigenvalue weighted by atomic mass is 32.2. The van der Waals surface area contributed by atoms with E-state index in [1.807, 2.05) is 0 Å². The summed E-state index contributed by atoms with van der Waals surface area (Å²) in [6.07, 6.45) is 7.20. The molecule has 0 radical (unpaired) electrons. The predicted molar refractivity (Wildman–Crippen MR) is 92.3 cm³/mol. The number of aryl methyl sites for hydroxylation is 1. The molecule has 0 spiro atoms. The molecule has 0 heterocycles. The van der Waals surface area contributed by atoms with Crippen LogP contribution in [0.2, 0.25) is 0 Å². The quantitative estimate of drug-likeness (QED) is 0.617. The van der Waals surface area contributed by atoms with Crippen molar-refractivity contribution in [1.29, 1.82) is 0 Å². The third-order valence-corrected chi connectivity index (χ3v) is 6.05. The van der Waals surface area contributed by atoms with Gasteiger partial charge in [-0.05, 0) is 61.0 Å². The molecule has 0 N–H and O–H groups in total. The number of benzene rings is 1. The highest BCUT2D eigenvalue weighted by molar-refractivity contribution is 8.00. The molecule has 0 atom stereocenters. The summed E-state index contributed by atoms with van der Waals surface area (Å²) in [5, 5.41) is 0. The molecule has 1 aliphatic carbocycles. The van der Waals surface area contributed by atoms with Crippen LogP contribution in [0.15, 0.2) is 18.2 Å². The molecular formula is C19H28F2S. The van der Waals surface area contributed by atoms with Crippen molar-refractivity contribution < 1.29 is 8.78 Å². The Morgan fingerprint density at radius 1 is 1.00 bits per heavy atom. The van der Waals surface area contributed by atoms with Crippen molar-refractivity contribution in [1.82, 2.24) is 0 Å². The molecule has 1 aromatic carbocycles. The topological polar surface area (TPSA) is 0 Å². The van der Waals surface area contributed by atoms with Gasteiger partial charge in [0.15, 0.2) is 11.6 Å². The summed E-state index contributed by atoms with van der Waals surface area (Å²) < 4.78 is 26.5. The van der Waals surface area contributed by atoms with E-state index in [-0.39, 0.29) is 0 Å². The maximum atomic E-state index is 13.2. The second kappa shape index (κ2) is 7.81. The lowest BCUT2D eigenvalue weighted by Crippen LogP contribution is -2.19. The fraction of sp³-hybridized carbons (Fsp3) is 0.684. The van der Waals surface area contributed by atoms with Crippen LogP contribution in [0.1, 0.15) is 58.4 Å². The number of rotatable bonds is 5. The Hall–Kier alpha value is -0.570. The molecule has 1 saturated carbocycles. The zero-order valence-corrected chi connectivity index (χ0v) is 14.8. The Kier molecular flexibility index (Phi) is 6.31. The van der Waals surface area contributed by atoms with E-state index in [2.05, 4.69) is 32.5 Å². The van der Waals surface area contributed by atoms with Gasteiger partial charge in [-0.2, -0.15) is 11.8 Å². The normalized spacial score (nSPS) is 22.8. The van der Waals surface area contributed by atoms with Crippen molar-refractivity contribution in [3.8, 4) is 0 Å². The molecule has 22 heavy (non-hydrogen) atoms. The van der Waals surface area contributed by atoms with Crippen LogP contribution in [0.25, 0.3) is 0 Å². The molecular weight excluding hydrogens is 298 g/mol. The minimum absolute atomic E-state index is 0.365. The second-order valence-electron chi connectivity index (χ2n) is 7.60. The molecule has 0 saturated heterocycles. The van der Waals surface area contributed by atoms with Gasteiger partial charge in [0.1, 0.15) is 0 Å². The fourth-order valence-electron chi connectivity index (χ4n) is 3.12. The van der Waals surface area contributed by atoms with Crippen molar-refractivity contribution in [2.24, 2.45) is 11.8 Å². The summed E-state index contributed by atoms with van der Waals surface area (Å²) in [7, 11) is 0. The van der Waals surface area contributed by atoms with Crippen LogP contribution >= 0.6 is 11.8 Å². The monoisotopic (exact) mass is 326 g/mol. The molecule has 124 valence electrons. The maximum absolute atomic E-state index is 13.2. The highest BCUT2D eigenvalue weighted by Gasteiger charge is 2.23. The first kappa shape index (κ1) is 17.8. The Labute approximate surface area is 138 Å². The Bertz CT molecular complexity index is 471. The average Bonchev–Trinajstić information content (AvgIpc) is 2.47. The number of hydrogen-bond acceptors (Lipinski definition) is 1. The van der Waals surface area contributed by atoms with Crippen LogP contribution in [0.4, 0.5) is 8.78 Å². The summed E-state index contributed by atoms with van der Waals surface area (Å²) in [6.45, 7) is 6.85. The number of thioether (sulfide) groups is 1.